The summed E-state index contributed by atoms with van der Waals surface area (Å²) in [6, 6.07) is 1.37. The Hall–Kier alpha value is -0.120. The molecule has 0 saturated carbocycles. The van der Waals surface area contributed by atoms with Crippen LogP contribution in [-0.4, -0.2) is 50.3 Å². The van der Waals surface area contributed by atoms with Crippen LogP contribution in [0, 0.1) is 0 Å². The molecule has 1 heterocycles. The summed E-state index contributed by atoms with van der Waals surface area (Å²) in [7, 11) is 2.23. The highest BCUT2D eigenvalue weighted by Crippen LogP contribution is 2.12. The molecule has 0 bridgehead atoms. The van der Waals surface area contributed by atoms with Crippen molar-refractivity contribution < 1.29 is 4.74 Å². The third-order valence-corrected chi connectivity index (χ3v) is 3.58. The van der Waals surface area contributed by atoms with Crippen molar-refractivity contribution in [1.82, 2.24) is 10.2 Å². The lowest BCUT2D eigenvalue weighted by Crippen LogP contribution is -2.34. The minimum Gasteiger partial charge on any atom is -0.380 e. The van der Waals surface area contributed by atoms with Gasteiger partial charge in [0.25, 0.3) is 0 Å². The number of likely N-dealkylation sites (N-methyl/N-ethyl adjacent to an activating group) is 1. The highest BCUT2D eigenvalue weighted by molar-refractivity contribution is 4.73. The van der Waals surface area contributed by atoms with E-state index >= 15 is 0 Å². The summed E-state index contributed by atoms with van der Waals surface area (Å²) < 4.78 is 5.41. The molecule has 3 nitrogen and oxygen atoms in total. The van der Waals surface area contributed by atoms with Gasteiger partial charge in [0.05, 0.1) is 6.61 Å². The minimum atomic E-state index is 0.666. The predicted octanol–water partition coefficient (Wildman–Crippen LogP) is 1.88. The van der Waals surface area contributed by atoms with Crippen LogP contribution in [0.5, 0.6) is 0 Å². The summed E-state index contributed by atoms with van der Waals surface area (Å²) in [6.07, 6.45) is 5.03. The van der Waals surface area contributed by atoms with Crippen LogP contribution in [0.4, 0.5) is 0 Å². The van der Waals surface area contributed by atoms with Gasteiger partial charge in [0.2, 0.25) is 0 Å². The molecule has 0 aromatic heterocycles. The maximum Gasteiger partial charge on any atom is 0.0622 e. The van der Waals surface area contributed by atoms with Crippen molar-refractivity contribution in [3.8, 4) is 0 Å². The molecule has 1 saturated heterocycles. The maximum absolute atomic E-state index is 5.41. The Balaban J connectivity index is 2.08. The number of ether oxygens (including phenoxy) is 1. The molecule has 1 aliphatic rings. The zero-order chi connectivity index (χ0) is 11.8. The second-order valence-electron chi connectivity index (χ2n) is 4.80. The number of rotatable bonds is 8. The van der Waals surface area contributed by atoms with Gasteiger partial charge in [-0.3, -0.25) is 0 Å². The number of hydrogen-bond donors (Lipinski definition) is 1. The van der Waals surface area contributed by atoms with E-state index in [4.69, 9.17) is 4.74 Å². The lowest BCUT2D eigenvalue weighted by molar-refractivity contribution is 0.157. The van der Waals surface area contributed by atoms with Gasteiger partial charge >= 0.3 is 0 Å². The van der Waals surface area contributed by atoms with Crippen LogP contribution in [0.15, 0.2) is 0 Å². The molecule has 96 valence electrons. The molecule has 1 fully saturated rings. The monoisotopic (exact) mass is 228 g/mol. The van der Waals surface area contributed by atoms with E-state index in [2.05, 4.69) is 31.1 Å². The quantitative estimate of drug-likeness (QED) is 0.686. The summed E-state index contributed by atoms with van der Waals surface area (Å²) in [6.45, 7) is 8.62. The average molecular weight is 228 g/mol. The summed E-state index contributed by atoms with van der Waals surface area (Å²) in [4.78, 5) is 2.46. The molecule has 2 atom stereocenters. The van der Waals surface area contributed by atoms with Crippen LogP contribution >= 0.6 is 0 Å². The van der Waals surface area contributed by atoms with Crippen LogP contribution in [-0.2, 0) is 4.74 Å². The molecule has 16 heavy (non-hydrogen) atoms. The van der Waals surface area contributed by atoms with Crippen molar-refractivity contribution in [2.45, 2.75) is 51.6 Å². The molecule has 0 amide bonds. The van der Waals surface area contributed by atoms with Crippen molar-refractivity contribution >= 4 is 0 Å². The fourth-order valence-corrected chi connectivity index (χ4v) is 2.38. The lowest BCUT2D eigenvalue weighted by Gasteiger charge is -2.24. The first kappa shape index (κ1) is 13.9. The van der Waals surface area contributed by atoms with Crippen LogP contribution < -0.4 is 5.32 Å². The van der Waals surface area contributed by atoms with Crippen LogP contribution in [0.3, 0.4) is 0 Å². The van der Waals surface area contributed by atoms with Gasteiger partial charge in [0.1, 0.15) is 0 Å². The molecule has 3 heteroatoms. The Kier molecular flexibility index (Phi) is 7.01. The molecule has 0 aromatic rings. The Morgan fingerprint density at radius 1 is 1.44 bits per heavy atom. The van der Waals surface area contributed by atoms with E-state index in [-0.39, 0.29) is 0 Å². The molecule has 0 spiro atoms. The zero-order valence-corrected chi connectivity index (χ0v) is 11.2. The second-order valence-corrected chi connectivity index (χ2v) is 4.80. The SMILES string of the molecule is CCNC(CC)CCCN(C)C1CCOC1. The van der Waals surface area contributed by atoms with Gasteiger partial charge in [0.15, 0.2) is 0 Å². The van der Waals surface area contributed by atoms with E-state index in [0.29, 0.717) is 12.1 Å². The summed E-state index contributed by atoms with van der Waals surface area (Å²) in [5.41, 5.74) is 0. The molecular weight excluding hydrogens is 200 g/mol. The lowest BCUT2D eigenvalue weighted by atomic mass is 10.1. The van der Waals surface area contributed by atoms with Gasteiger partial charge < -0.3 is 15.0 Å². The predicted molar refractivity (Wildman–Crippen MR) is 68.8 cm³/mol. The van der Waals surface area contributed by atoms with Crippen molar-refractivity contribution in [3.63, 3.8) is 0 Å². The molecular formula is C13H28N2O. The molecule has 1 N–H and O–H groups in total. The Bertz CT molecular complexity index is 169. The topological polar surface area (TPSA) is 24.5 Å². The first-order valence-corrected chi connectivity index (χ1v) is 6.79. The van der Waals surface area contributed by atoms with Crippen molar-refractivity contribution in [2.75, 3.05) is 33.4 Å². The second kappa shape index (κ2) is 8.04. The molecule has 1 aliphatic heterocycles. The van der Waals surface area contributed by atoms with Gasteiger partial charge in [0, 0.05) is 18.7 Å². The highest BCUT2D eigenvalue weighted by atomic mass is 16.5. The third kappa shape index (κ3) is 4.81. The van der Waals surface area contributed by atoms with E-state index in [1.54, 1.807) is 0 Å². The summed E-state index contributed by atoms with van der Waals surface area (Å²) in [5, 5.41) is 3.53. The Morgan fingerprint density at radius 2 is 2.25 bits per heavy atom. The van der Waals surface area contributed by atoms with E-state index in [0.717, 1.165) is 19.8 Å². The van der Waals surface area contributed by atoms with Crippen molar-refractivity contribution in [3.05, 3.63) is 0 Å². The first-order valence-electron chi connectivity index (χ1n) is 6.79. The van der Waals surface area contributed by atoms with E-state index < -0.39 is 0 Å². The Morgan fingerprint density at radius 3 is 2.81 bits per heavy atom. The van der Waals surface area contributed by atoms with Crippen LogP contribution in [0.25, 0.3) is 0 Å². The highest BCUT2D eigenvalue weighted by Gasteiger charge is 2.19. The number of nitrogens with zero attached hydrogens (tertiary/aromatic N) is 1. The first-order chi connectivity index (χ1) is 7.77. The Labute approximate surface area is 101 Å². The molecule has 2 unspecified atom stereocenters. The molecule has 1 rings (SSSR count). The fourth-order valence-electron chi connectivity index (χ4n) is 2.38. The zero-order valence-electron chi connectivity index (χ0n) is 11.2. The number of nitrogens with one attached hydrogen (secondary N) is 1. The summed E-state index contributed by atoms with van der Waals surface area (Å²) >= 11 is 0. The largest absolute Gasteiger partial charge is 0.380 e. The van der Waals surface area contributed by atoms with Gasteiger partial charge in [-0.2, -0.15) is 0 Å². The molecule has 0 aromatic carbocycles. The standard InChI is InChI=1S/C13H28N2O/c1-4-12(14-5-2)7-6-9-15(3)13-8-10-16-11-13/h12-14H,4-11H2,1-3H3. The fraction of sp³-hybridized carbons (Fsp3) is 1.00. The minimum absolute atomic E-state index is 0.666. The smallest absolute Gasteiger partial charge is 0.0622 e. The summed E-state index contributed by atoms with van der Waals surface area (Å²) in [5.74, 6) is 0. The number of hydrogen-bond acceptors (Lipinski definition) is 3. The maximum atomic E-state index is 5.41. The van der Waals surface area contributed by atoms with Gasteiger partial charge in [-0.1, -0.05) is 13.8 Å². The average Bonchev–Trinajstić information content (AvgIpc) is 2.81. The van der Waals surface area contributed by atoms with E-state index in [1.165, 1.54) is 32.2 Å². The van der Waals surface area contributed by atoms with Crippen LogP contribution in [0.2, 0.25) is 0 Å². The van der Waals surface area contributed by atoms with Gasteiger partial charge in [-0.05, 0) is 45.8 Å². The van der Waals surface area contributed by atoms with E-state index in [1.807, 2.05) is 0 Å². The van der Waals surface area contributed by atoms with Gasteiger partial charge in [-0.25, -0.2) is 0 Å². The van der Waals surface area contributed by atoms with Crippen LogP contribution in [0.1, 0.15) is 39.5 Å². The van der Waals surface area contributed by atoms with Crippen molar-refractivity contribution in [2.24, 2.45) is 0 Å². The van der Waals surface area contributed by atoms with Gasteiger partial charge in [-0.15, -0.1) is 0 Å². The van der Waals surface area contributed by atoms with Crippen molar-refractivity contribution in [1.29, 1.82) is 0 Å². The van der Waals surface area contributed by atoms with E-state index in [9.17, 15) is 0 Å². The third-order valence-electron chi connectivity index (χ3n) is 3.58. The molecule has 0 radical (unpaired) electrons. The molecule has 0 aliphatic carbocycles. The normalized spacial score (nSPS) is 22.9.